The third-order valence-corrected chi connectivity index (χ3v) is 5.62. The van der Waals surface area contributed by atoms with E-state index in [0.29, 0.717) is 11.8 Å². The van der Waals surface area contributed by atoms with Gasteiger partial charge in [-0.15, -0.1) is 18.0 Å². The van der Waals surface area contributed by atoms with Crippen molar-refractivity contribution in [1.29, 1.82) is 0 Å². The van der Waals surface area contributed by atoms with Gasteiger partial charge in [0, 0.05) is 11.8 Å². The van der Waals surface area contributed by atoms with Crippen LogP contribution in [0.5, 0.6) is 0 Å². The Kier molecular flexibility index (Phi) is 7.28. The van der Waals surface area contributed by atoms with Crippen LogP contribution in [0.2, 0.25) is 19.6 Å². The summed E-state index contributed by atoms with van der Waals surface area (Å²) in [5.74, 6) is 4.35. The van der Waals surface area contributed by atoms with Crippen LogP contribution in [0.15, 0.2) is 60.7 Å². The van der Waals surface area contributed by atoms with Crippen molar-refractivity contribution >= 4 is 8.07 Å². The van der Waals surface area contributed by atoms with Crippen LogP contribution >= 0.6 is 0 Å². The zero-order valence-electron chi connectivity index (χ0n) is 17.9. The molecule has 0 aliphatic heterocycles. The Bertz CT molecular complexity index is 762. The number of benzene rings is 2. The molecule has 1 unspecified atom stereocenters. The van der Waals surface area contributed by atoms with E-state index in [2.05, 4.69) is 107 Å². The number of aryl methyl sites for hydroxylation is 2. The van der Waals surface area contributed by atoms with Crippen molar-refractivity contribution in [2.75, 3.05) is 0 Å². The Labute approximate surface area is 167 Å². The fraction of sp³-hybridized carbons (Fsp3) is 0.385. The minimum Gasteiger partial charge on any atom is -0.132 e. The fourth-order valence-corrected chi connectivity index (χ4v) is 3.92. The van der Waals surface area contributed by atoms with Gasteiger partial charge in [0.15, 0.2) is 0 Å². The van der Waals surface area contributed by atoms with Crippen molar-refractivity contribution in [3.63, 3.8) is 0 Å². The molecule has 0 fully saturated rings. The lowest BCUT2D eigenvalue weighted by atomic mass is 9.81. The van der Waals surface area contributed by atoms with Crippen LogP contribution in [-0.4, -0.2) is 8.07 Å². The monoisotopic (exact) mass is 374 g/mol. The summed E-state index contributed by atoms with van der Waals surface area (Å²) in [6.45, 7) is 17.5. The first kappa shape index (κ1) is 21.3. The van der Waals surface area contributed by atoms with Gasteiger partial charge in [-0.1, -0.05) is 84.9 Å². The molecular formula is C26H34Si. The Morgan fingerprint density at radius 2 is 1.33 bits per heavy atom. The van der Waals surface area contributed by atoms with E-state index in [4.69, 9.17) is 0 Å². The van der Waals surface area contributed by atoms with Gasteiger partial charge in [0.1, 0.15) is 8.07 Å². The van der Waals surface area contributed by atoms with Crippen LogP contribution in [0.25, 0.3) is 0 Å². The van der Waals surface area contributed by atoms with Crippen molar-refractivity contribution in [3.8, 4) is 11.5 Å². The van der Waals surface area contributed by atoms with Gasteiger partial charge >= 0.3 is 0 Å². The lowest BCUT2D eigenvalue weighted by Gasteiger charge is -2.23. The second-order valence-corrected chi connectivity index (χ2v) is 13.7. The van der Waals surface area contributed by atoms with E-state index in [-0.39, 0.29) is 0 Å². The molecule has 0 aliphatic carbocycles. The molecule has 2 aromatic rings. The highest BCUT2D eigenvalue weighted by Crippen LogP contribution is 2.33. The number of hydrogen-bond donors (Lipinski definition) is 0. The normalized spacial score (nSPS) is 12.4. The standard InChI is InChI=1S/C26H34Si/c1-20(2)18-23(16-17-27(5,6)7)19-26(24-12-8-21(3)9-13-24)25-14-10-22(4)11-15-25/h8-15,23,26H,1,18-19H2,2-7H3. The molecule has 0 saturated heterocycles. The number of allylic oxidation sites excluding steroid dienone is 1. The number of rotatable bonds is 6. The van der Waals surface area contributed by atoms with Crippen LogP contribution in [0, 0.1) is 31.2 Å². The average Bonchev–Trinajstić information content (AvgIpc) is 2.58. The van der Waals surface area contributed by atoms with Gasteiger partial charge in [0.25, 0.3) is 0 Å². The molecule has 0 saturated carbocycles. The molecule has 2 rings (SSSR count). The van der Waals surface area contributed by atoms with Crippen molar-refractivity contribution in [1.82, 2.24) is 0 Å². The van der Waals surface area contributed by atoms with Gasteiger partial charge in [0.2, 0.25) is 0 Å². The van der Waals surface area contributed by atoms with Crippen LogP contribution < -0.4 is 0 Å². The summed E-state index contributed by atoms with van der Waals surface area (Å²) in [5, 5.41) is 0. The minimum atomic E-state index is -1.39. The first-order chi connectivity index (χ1) is 12.6. The summed E-state index contributed by atoms with van der Waals surface area (Å²) < 4.78 is 0. The van der Waals surface area contributed by atoms with Crippen molar-refractivity contribution < 1.29 is 0 Å². The van der Waals surface area contributed by atoms with Gasteiger partial charge < -0.3 is 0 Å². The van der Waals surface area contributed by atoms with Crippen molar-refractivity contribution in [2.45, 2.75) is 59.2 Å². The summed E-state index contributed by atoms with van der Waals surface area (Å²) in [5.41, 5.74) is 10.2. The molecule has 1 heteroatoms. The Balaban J connectivity index is 2.40. The van der Waals surface area contributed by atoms with E-state index in [0.717, 1.165) is 12.8 Å². The Morgan fingerprint density at radius 3 is 1.70 bits per heavy atom. The molecule has 0 heterocycles. The van der Waals surface area contributed by atoms with Crippen molar-refractivity contribution in [3.05, 3.63) is 82.9 Å². The minimum absolute atomic E-state index is 0.349. The summed E-state index contributed by atoms with van der Waals surface area (Å²) in [4.78, 5) is 0. The summed E-state index contributed by atoms with van der Waals surface area (Å²) in [6, 6.07) is 18.0. The third-order valence-electron chi connectivity index (χ3n) is 4.73. The fourth-order valence-electron chi connectivity index (χ4n) is 3.28. The maximum absolute atomic E-state index is 4.16. The van der Waals surface area contributed by atoms with Crippen LogP contribution in [0.1, 0.15) is 47.9 Å². The molecule has 0 bridgehead atoms. The maximum atomic E-state index is 4.16. The lowest BCUT2D eigenvalue weighted by Crippen LogP contribution is -2.17. The van der Waals surface area contributed by atoms with Gasteiger partial charge in [-0.3, -0.25) is 0 Å². The maximum Gasteiger partial charge on any atom is 0.129 e. The van der Waals surface area contributed by atoms with E-state index in [9.17, 15) is 0 Å². The quantitative estimate of drug-likeness (QED) is 0.283. The van der Waals surface area contributed by atoms with Crippen LogP contribution in [-0.2, 0) is 0 Å². The molecule has 0 amide bonds. The molecule has 0 nitrogen and oxygen atoms in total. The first-order valence-corrected chi connectivity index (χ1v) is 13.4. The zero-order chi connectivity index (χ0) is 20.0. The summed E-state index contributed by atoms with van der Waals surface area (Å²) >= 11 is 0. The first-order valence-electron chi connectivity index (χ1n) is 9.94. The summed E-state index contributed by atoms with van der Waals surface area (Å²) in [7, 11) is -1.39. The smallest absolute Gasteiger partial charge is 0.129 e. The van der Waals surface area contributed by atoms with E-state index >= 15 is 0 Å². The third kappa shape index (κ3) is 7.23. The zero-order valence-corrected chi connectivity index (χ0v) is 18.9. The molecule has 0 spiro atoms. The predicted octanol–water partition coefficient (Wildman–Crippen LogP) is 7.29. The molecule has 27 heavy (non-hydrogen) atoms. The van der Waals surface area contributed by atoms with Crippen molar-refractivity contribution in [2.24, 2.45) is 5.92 Å². The molecule has 0 aromatic heterocycles. The molecule has 0 radical (unpaired) electrons. The Hall–Kier alpha value is -2.04. The SMILES string of the molecule is C=C(C)CC(C#C[Si](C)(C)C)CC(c1ccc(C)cc1)c1ccc(C)cc1. The highest BCUT2D eigenvalue weighted by molar-refractivity contribution is 6.83. The lowest BCUT2D eigenvalue weighted by molar-refractivity contribution is 0.559. The van der Waals surface area contributed by atoms with Crippen LogP contribution in [0.4, 0.5) is 0 Å². The van der Waals surface area contributed by atoms with E-state index in [1.54, 1.807) is 0 Å². The van der Waals surface area contributed by atoms with E-state index in [1.807, 2.05) is 0 Å². The molecule has 142 valence electrons. The molecule has 2 aromatic carbocycles. The second kappa shape index (κ2) is 9.24. The highest BCUT2D eigenvalue weighted by Gasteiger charge is 2.20. The summed E-state index contributed by atoms with van der Waals surface area (Å²) in [6.07, 6.45) is 2.02. The molecule has 1 atom stereocenters. The van der Waals surface area contributed by atoms with E-state index in [1.165, 1.54) is 27.8 Å². The van der Waals surface area contributed by atoms with E-state index < -0.39 is 8.07 Å². The van der Waals surface area contributed by atoms with Crippen LogP contribution in [0.3, 0.4) is 0 Å². The van der Waals surface area contributed by atoms with Gasteiger partial charge in [-0.25, -0.2) is 0 Å². The second-order valence-electron chi connectivity index (χ2n) is 8.99. The number of hydrogen-bond acceptors (Lipinski definition) is 0. The topological polar surface area (TPSA) is 0 Å². The van der Waals surface area contributed by atoms with Gasteiger partial charge in [0.05, 0.1) is 0 Å². The molecular weight excluding hydrogens is 340 g/mol. The molecule has 0 N–H and O–H groups in total. The van der Waals surface area contributed by atoms with Gasteiger partial charge in [-0.05, 0) is 44.7 Å². The van der Waals surface area contributed by atoms with Gasteiger partial charge in [-0.2, -0.15) is 0 Å². The average molecular weight is 375 g/mol. The highest BCUT2D eigenvalue weighted by atomic mass is 28.3. The predicted molar refractivity (Wildman–Crippen MR) is 123 cm³/mol. The largest absolute Gasteiger partial charge is 0.132 e. The molecule has 0 aliphatic rings. The Morgan fingerprint density at radius 1 is 0.889 bits per heavy atom.